The monoisotopic (exact) mass is 285 g/mol. The SMILES string of the molecule is Cc1nc(CNc2ccc(-n3ccnc3C)nc2)cs1. The molecule has 0 atom stereocenters. The average Bonchev–Trinajstić information content (AvgIpc) is 3.06. The van der Waals surface area contributed by atoms with Gasteiger partial charge in [0, 0.05) is 17.8 Å². The lowest BCUT2D eigenvalue weighted by Crippen LogP contribution is -2.02. The van der Waals surface area contributed by atoms with E-state index < -0.39 is 0 Å². The number of hydrogen-bond acceptors (Lipinski definition) is 5. The first-order chi connectivity index (χ1) is 9.72. The highest BCUT2D eigenvalue weighted by Crippen LogP contribution is 2.13. The topological polar surface area (TPSA) is 55.6 Å². The van der Waals surface area contributed by atoms with E-state index in [1.54, 1.807) is 17.5 Å². The second kappa shape index (κ2) is 5.42. The summed E-state index contributed by atoms with van der Waals surface area (Å²) < 4.78 is 1.95. The van der Waals surface area contributed by atoms with Crippen LogP contribution in [0, 0.1) is 13.8 Å². The highest BCUT2D eigenvalue weighted by atomic mass is 32.1. The molecule has 5 nitrogen and oxygen atoms in total. The first-order valence-corrected chi connectivity index (χ1v) is 7.21. The van der Waals surface area contributed by atoms with Crippen molar-refractivity contribution in [1.82, 2.24) is 19.5 Å². The lowest BCUT2D eigenvalue weighted by molar-refractivity contribution is 0.931. The van der Waals surface area contributed by atoms with Gasteiger partial charge < -0.3 is 5.32 Å². The van der Waals surface area contributed by atoms with Crippen LogP contribution in [0.4, 0.5) is 5.69 Å². The average molecular weight is 285 g/mol. The van der Waals surface area contributed by atoms with Gasteiger partial charge in [0.1, 0.15) is 11.6 Å². The molecular weight excluding hydrogens is 270 g/mol. The van der Waals surface area contributed by atoms with E-state index in [1.807, 2.05) is 42.9 Å². The van der Waals surface area contributed by atoms with E-state index >= 15 is 0 Å². The molecule has 0 aromatic carbocycles. The molecule has 0 unspecified atom stereocenters. The van der Waals surface area contributed by atoms with Crippen molar-refractivity contribution in [3.8, 4) is 5.82 Å². The van der Waals surface area contributed by atoms with Crippen molar-refractivity contribution in [2.45, 2.75) is 20.4 Å². The van der Waals surface area contributed by atoms with Crippen LogP contribution in [0.2, 0.25) is 0 Å². The Labute approximate surface area is 121 Å². The minimum Gasteiger partial charge on any atom is -0.378 e. The van der Waals surface area contributed by atoms with Gasteiger partial charge >= 0.3 is 0 Å². The Morgan fingerprint density at radius 2 is 2.15 bits per heavy atom. The Balaban J connectivity index is 1.69. The number of nitrogens with one attached hydrogen (secondary N) is 1. The molecule has 3 heterocycles. The van der Waals surface area contributed by atoms with Gasteiger partial charge in [-0.15, -0.1) is 11.3 Å². The lowest BCUT2D eigenvalue weighted by Gasteiger charge is -2.07. The molecule has 20 heavy (non-hydrogen) atoms. The number of anilines is 1. The fourth-order valence-corrected chi connectivity index (χ4v) is 2.55. The van der Waals surface area contributed by atoms with Crippen molar-refractivity contribution in [3.05, 3.63) is 52.6 Å². The van der Waals surface area contributed by atoms with Crippen LogP contribution in [0.15, 0.2) is 36.1 Å². The maximum atomic E-state index is 4.44. The van der Waals surface area contributed by atoms with Crippen molar-refractivity contribution in [2.24, 2.45) is 0 Å². The molecular formula is C14H15N5S. The van der Waals surface area contributed by atoms with Gasteiger partial charge in [0.2, 0.25) is 0 Å². The van der Waals surface area contributed by atoms with Crippen LogP contribution in [0.5, 0.6) is 0 Å². The zero-order valence-corrected chi connectivity index (χ0v) is 12.2. The Hall–Kier alpha value is -2.21. The van der Waals surface area contributed by atoms with Gasteiger partial charge in [-0.2, -0.15) is 0 Å². The van der Waals surface area contributed by atoms with E-state index in [4.69, 9.17) is 0 Å². The van der Waals surface area contributed by atoms with Gasteiger partial charge in [0.25, 0.3) is 0 Å². The fraction of sp³-hybridized carbons (Fsp3) is 0.214. The third-order valence-corrected chi connectivity index (χ3v) is 3.78. The number of rotatable bonds is 4. The Morgan fingerprint density at radius 3 is 2.75 bits per heavy atom. The largest absolute Gasteiger partial charge is 0.378 e. The van der Waals surface area contributed by atoms with Gasteiger partial charge in [0.05, 0.1) is 29.1 Å². The Bertz CT molecular complexity index is 698. The number of pyridine rings is 1. The van der Waals surface area contributed by atoms with Crippen LogP contribution in [-0.4, -0.2) is 19.5 Å². The fourth-order valence-electron chi connectivity index (χ4n) is 1.94. The van der Waals surface area contributed by atoms with E-state index in [1.165, 1.54) is 0 Å². The van der Waals surface area contributed by atoms with E-state index in [9.17, 15) is 0 Å². The number of nitrogens with zero attached hydrogens (tertiary/aromatic N) is 4. The number of aryl methyl sites for hydroxylation is 2. The molecule has 0 saturated heterocycles. The minimum atomic E-state index is 0.718. The molecule has 6 heteroatoms. The van der Waals surface area contributed by atoms with Gasteiger partial charge in [0.15, 0.2) is 0 Å². The highest BCUT2D eigenvalue weighted by molar-refractivity contribution is 7.09. The quantitative estimate of drug-likeness (QED) is 0.800. The molecule has 0 amide bonds. The Morgan fingerprint density at radius 1 is 1.25 bits per heavy atom. The molecule has 0 aliphatic rings. The maximum absolute atomic E-state index is 4.44. The van der Waals surface area contributed by atoms with Crippen molar-refractivity contribution >= 4 is 17.0 Å². The Kier molecular flexibility index (Phi) is 3.47. The number of imidazole rings is 1. The van der Waals surface area contributed by atoms with Gasteiger partial charge in [-0.3, -0.25) is 4.57 Å². The molecule has 0 bridgehead atoms. The summed E-state index contributed by atoms with van der Waals surface area (Å²) in [4.78, 5) is 13.1. The van der Waals surface area contributed by atoms with Crippen LogP contribution in [0.3, 0.4) is 0 Å². The van der Waals surface area contributed by atoms with Crippen molar-refractivity contribution in [3.63, 3.8) is 0 Å². The molecule has 0 spiro atoms. The molecule has 0 saturated carbocycles. The second-order valence-corrected chi connectivity index (χ2v) is 5.52. The normalized spacial score (nSPS) is 10.7. The van der Waals surface area contributed by atoms with Crippen LogP contribution in [0.1, 0.15) is 16.5 Å². The van der Waals surface area contributed by atoms with Gasteiger partial charge in [-0.25, -0.2) is 15.0 Å². The van der Waals surface area contributed by atoms with Crippen LogP contribution in [-0.2, 0) is 6.54 Å². The smallest absolute Gasteiger partial charge is 0.138 e. The van der Waals surface area contributed by atoms with E-state index in [0.717, 1.165) is 34.6 Å². The van der Waals surface area contributed by atoms with Crippen molar-refractivity contribution < 1.29 is 0 Å². The second-order valence-electron chi connectivity index (χ2n) is 4.46. The molecule has 3 rings (SSSR count). The third-order valence-electron chi connectivity index (χ3n) is 2.96. The summed E-state index contributed by atoms with van der Waals surface area (Å²) in [5.74, 6) is 1.80. The lowest BCUT2D eigenvalue weighted by atomic mass is 10.3. The standard InChI is InChI=1S/C14H15N5S/c1-10-15-5-6-19(10)14-4-3-12(7-17-14)16-8-13-9-20-11(2)18-13/h3-7,9,16H,8H2,1-2H3. The van der Waals surface area contributed by atoms with Crippen LogP contribution in [0.25, 0.3) is 5.82 Å². The molecule has 0 fully saturated rings. The predicted octanol–water partition coefficient (Wildman–Crippen LogP) is 2.95. The number of thiazole rings is 1. The van der Waals surface area contributed by atoms with Crippen molar-refractivity contribution in [2.75, 3.05) is 5.32 Å². The summed E-state index contributed by atoms with van der Waals surface area (Å²) >= 11 is 1.66. The maximum Gasteiger partial charge on any atom is 0.138 e. The van der Waals surface area contributed by atoms with Gasteiger partial charge in [-0.1, -0.05) is 0 Å². The molecule has 3 aromatic heterocycles. The van der Waals surface area contributed by atoms with E-state index in [0.29, 0.717) is 0 Å². The molecule has 1 N–H and O–H groups in total. The summed E-state index contributed by atoms with van der Waals surface area (Å²) in [6.07, 6.45) is 5.50. The van der Waals surface area contributed by atoms with E-state index in [-0.39, 0.29) is 0 Å². The summed E-state index contributed by atoms with van der Waals surface area (Å²) in [6.45, 7) is 4.69. The summed E-state index contributed by atoms with van der Waals surface area (Å²) in [5, 5.41) is 6.48. The van der Waals surface area contributed by atoms with Crippen molar-refractivity contribution in [1.29, 1.82) is 0 Å². The molecule has 0 aliphatic heterocycles. The zero-order chi connectivity index (χ0) is 13.9. The molecule has 3 aromatic rings. The number of aromatic nitrogens is 4. The first kappa shape index (κ1) is 12.8. The molecule has 0 radical (unpaired) electrons. The predicted molar refractivity (Wildman–Crippen MR) is 80.3 cm³/mol. The minimum absolute atomic E-state index is 0.718. The summed E-state index contributed by atoms with van der Waals surface area (Å²) in [7, 11) is 0. The van der Waals surface area contributed by atoms with E-state index in [2.05, 4.69) is 25.6 Å². The highest BCUT2D eigenvalue weighted by Gasteiger charge is 2.02. The molecule has 0 aliphatic carbocycles. The third kappa shape index (κ3) is 2.70. The molecule has 102 valence electrons. The summed E-state index contributed by atoms with van der Waals surface area (Å²) in [6, 6.07) is 3.99. The number of hydrogen-bond donors (Lipinski definition) is 1. The van der Waals surface area contributed by atoms with Crippen LogP contribution < -0.4 is 5.32 Å². The van der Waals surface area contributed by atoms with Crippen LogP contribution >= 0.6 is 11.3 Å². The van der Waals surface area contributed by atoms with Gasteiger partial charge in [-0.05, 0) is 26.0 Å². The first-order valence-electron chi connectivity index (χ1n) is 6.33. The zero-order valence-electron chi connectivity index (χ0n) is 11.4. The summed E-state index contributed by atoms with van der Waals surface area (Å²) in [5.41, 5.74) is 2.04.